The molecule has 1 aromatic rings. The Kier molecular flexibility index (Phi) is 1.89. The highest BCUT2D eigenvalue weighted by atomic mass is 32.1. The van der Waals surface area contributed by atoms with Crippen LogP contribution in [0.15, 0.2) is 11.4 Å². The Labute approximate surface area is 80.0 Å². The van der Waals surface area contributed by atoms with Crippen LogP contribution in [0.4, 0.5) is 0 Å². The van der Waals surface area contributed by atoms with Gasteiger partial charge in [-0.25, -0.2) is 4.79 Å². The molecule has 1 fully saturated rings. The van der Waals surface area contributed by atoms with E-state index in [0.29, 0.717) is 5.56 Å². The summed E-state index contributed by atoms with van der Waals surface area (Å²) in [6, 6.07) is 1.71. The van der Waals surface area contributed by atoms with Crippen molar-refractivity contribution in [1.29, 1.82) is 0 Å². The van der Waals surface area contributed by atoms with Gasteiger partial charge in [0.1, 0.15) is 0 Å². The topological polar surface area (TPSA) is 46.5 Å². The fraction of sp³-hybridized carbons (Fsp3) is 0.444. The van der Waals surface area contributed by atoms with E-state index in [2.05, 4.69) is 4.74 Å². The Morgan fingerprint density at radius 2 is 2.38 bits per heavy atom. The van der Waals surface area contributed by atoms with Crippen LogP contribution in [0.2, 0.25) is 0 Å². The third-order valence-electron chi connectivity index (χ3n) is 2.20. The Morgan fingerprint density at radius 1 is 1.69 bits per heavy atom. The summed E-state index contributed by atoms with van der Waals surface area (Å²) >= 11 is 1.41. The van der Waals surface area contributed by atoms with Gasteiger partial charge in [0, 0.05) is 10.3 Å². The standard InChI is InChI=1S/C9H10O3S/c1-12-8(10)6-4-7(13-5-6)9(11)2-3-9/h4-5,11H,2-3H2,1H3. The summed E-state index contributed by atoms with van der Waals surface area (Å²) in [6.45, 7) is 0. The van der Waals surface area contributed by atoms with E-state index in [0.717, 1.165) is 17.7 Å². The van der Waals surface area contributed by atoms with Crippen molar-refractivity contribution >= 4 is 17.3 Å². The fourth-order valence-electron chi connectivity index (χ4n) is 1.17. The van der Waals surface area contributed by atoms with E-state index in [9.17, 15) is 9.90 Å². The number of ether oxygens (including phenoxy) is 1. The van der Waals surface area contributed by atoms with Crippen LogP contribution in [0, 0.1) is 0 Å². The van der Waals surface area contributed by atoms with Crippen LogP contribution in [0.25, 0.3) is 0 Å². The van der Waals surface area contributed by atoms with E-state index in [1.807, 2.05) is 0 Å². The van der Waals surface area contributed by atoms with Crippen LogP contribution in [0.5, 0.6) is 0 Å². The number of carbonyl (C=O) groups is 1. The summed E-state index contributed by atoms with van der Waals surface area (Å²) < 4.78 is 4.57. The zero-order chi connectivity index (χ0) is 9.47. The Balaban J connectivity index is 2.23. The fourth-order valence-corrected chi connectivity index (χ4v) is 2.21. The number of thiophene rings is 1. The van der Waals surface area contributed by atoms with Crippen molar-refractivity contribution < 1.29 is 14.6 Å². The molecule has 1 saturated carbocycles. The average Bonchev–Trinajstić information content (AvgIpc) is 2.72. The lowest BCUT2D eigenvalue weighted by Gasteiger charge is -2.01. The van der Waals surface area contributed by atoms with Crippen molar-refractivity contribution in [3.05, 3.63) is 21.9 Å². The van der Waals surface area contributed by atoms with Crippen molar-refractivity contribution in [3.63, 3.8) is 0 Å². The van der Waals surface area contributed by atoms with Crippen LogP contribution in [-0.2, 0) is 10.3 Å². The largest absolute Gasteiger partial charge is 0.465 e. The molecule has 0 spiro atoms. The quantitative estimate of drug-likeness (QED) is 0.733. The molecule has 0 atom stereocenters. The van der Waals surface area contributed by atoms with Gasteiger partial charge in [0.2, 0.25) is 0 Å². The van der Waals surface area contributed by atoms with E-state index in [-0.39, 0.29) is 5.97 Å². The molecule has 13 heavy (non-hydrogen) atoms. The number of hydrogen-bond acceptors (Lipinski definition) is 4. The third kappa shape index (κ3) is 1.47. The van der Waals surface area contributed by atoms with Crippen molar-refractivity contribution in [2.45, 2.75) is 18.4 Å². The maximum absolute atomic E-state index is 11.1. The van der Waals surface area contributed by atoms with Gasteiger partial charge in [-0.1, -0.05) is 0 Å². The highest BCUT2D eigenvalue weighted by Gasteiger charge is 2.43. The summed E-state index contributed by atoms with van der Waals surface area (Å²) in [5, 5.41) is 11.4. The zero-order valence-electron chi connectivity index (χ0n) is 7.24. The van der Waals surface area contributed by atoms with Crippen LogP contribution in [0.3, 0.4) is 0 Å². The number of methoxy groups -OCH3 is 1. The lowest BCUT2D eigenvalue weighted by atomic mass is 10.2. The molecule has 1 aliphatic carbocycles. The summed E-state index contributed by atoms with van der Waals surface area (Å²) in [4.78, 5) is 11.9. The Morgan fingerprint density at radius 3 is 2.92 bits per heavy atom. The van der Waals surface area contributed by atoms with E-state index < -0.39 is 5.60 Å². The predicted octanol–water partition coefficient (Wildman–Crippen LogP) is 1.52. The smallest absolute Gasteiger partial charge is 0.338 e. The minimum Gasteiger partial charge on any atom is -0.465 e. The van der Waals surface area contributed by atoms with E-state index in [4.69, 9.17) is 0 Å². The molecule has 1 heterocycles. The zero-order valence-corrected chi connectivity index (χ0v) is 8.06. The minimum absolute atomic E-state index is 0.341. The maximum atomic E-state index is 11.1. The second kappa shape index (κ2) is 2.82. The third-order valence-corrected chi connectivity index (χ3v) is 3.33. The van der Waals surface area contributed by atoms with E-state index in [1.165, 1.54) is 18.4 Å². The van der Waals surface area contributed by atoms with Crippen molar-refractivity contribution in [3.8, 4) is 0 Å². The number of aliphatic hydroxyl groups is 1. The average molecular weight is 198 g/mol. The predicted molar refractivity (Wildman–Crippen MR) is 48.8 cm³/mol. The van der Waals surface area contributed by atoms with Crippen LogP contribution in [-0.4, -0.2) is 18.2 Å². The van der Waals surface area contributed by atoms with E-state index in [1.54, 1.807) is 11.4 Å². The van der Waals surface area contributed by atoms with Crippen LogP contribution in [0.1, 0.15) is 28.1 Å². The molecule has 0 saturated heterocycles. The van der Waals surface area contributed by atoms with Gasteiger partial charge in [0.05, 0.1) is 18.3 Å². The monoisotopic (exact) mass is 198 g/mol. The van der Waals surface area contributed by atoms with Crippen molar-refractivity contribution in [2.24, 2.45) is 0 Å². The molecule has 0 unspecified atom stereocenters. The second-order valence-corrected chi connectivity index (χ2v) is 4.13. The number of rotatable bonds is 2. The first-order chi connectivity index (χ1) is 6.15. The van der Waals surface area contributed by atoms with Crippen LogP contribution >= 0.6 is 11.3 Å². The molecule has 70 valence electrons. The molecule has 1 aliphatic rings. The number of carbonyl (C=O) groups excluding carboxylic acids is 1. The van der Waals surface area contributed by atoms with Crippen LogP contribution < -0.4 is 0 Å². The molecule has 1 aromatic heterocycles. The molecular formula is C9H10O3S. The minimum atomic E-state index is -0.642. The molecule has 0 bridgehead atoms. The summed E-state index contributed by atoms with van der Waals surface area (Å²) in [6.07, 6.45) is 1.60. The van der Waals surface area contributed by atoms with Gasteiger partial charge in [-0.2, -0.15) is 0 Å². The maximum Gasteiger partial charge on any atom is 0.338 e. The second-order valence-electron chi connectivity index (χ2n) is 3.22. The molecule has 2 rings (SSSR count). The van der Waals surface area contributed by atoms with Gasteiger partial charge in [-0.15, -0.1) is 11.3 Å². The Hall–Kier alpha value is -0.870. The van der Waals surface area contributed by atoms with Crippen molar-refractivity contribution in [1.82, 2.24) is 0 Å². The normalized spacial score (nSPS) is 18.3. The molecule has 0 amide bonds. The first-order valence-electron chi connectivity index (χ1n) is 4.05. The van der Waals surface area contributed by atoms with Gasteiger partial charge in [-0.05, 0) is 18.9 Å². The molecule has 0 aromatic carbocycles. The van der Waals surface area contributed by atoms with Gasteiger partial charge < -0.3 is 9.84 Å². The van der Waals surface area contributed by atoms with Gasteiger partial charge in [0.15, 0.2) is 0 Å². The van der Waals surface area contributed by atoms with E-state index >= 15 is 0 Å². The molecule has 3 nitrogen and oxygen atoms in total. The molecular weight excluding hydrogens is 188 g/mol. The lowest BCUT2D eigenvalue weighted by molar-refractivity contribution is 0.0601. The molecule has 0 radical (unpaired) electrons. The van der Waals surface area contributed by atoms with Gasteiger partial charge >= 0.3 is 5.97 Å². The number of esters is 1. The van der Waals surface area contributed by atoms with Gasteiger partial charge in [-0.3, -0.25) is 0 Å². The summed E-state index contributed by atoms with van der Waals surface area (Å²) in [5.41, 5.74) is -0.112. The molecule has 0 aliphatic heterocycles. The van der Waals surface area contributed by atoms with Gasteiger partial charge in [0.25, 0.3) is 0 Å². The first-order valence-corrected chi connectivity index (χ1v) is 4.93. The lowest BCUT2D eigenvalue weighted by Crippen LogP contribution is -2.02. The highest BCUT2D eigenvalue weighted by molar-refractivity contribution is 7.10. The summed E-state index contributed by atoms with van der Waals surface area (Å²) in [7, 11) is 1.35. The van der Waals surface area contributed by atoms with Crippen molar-refractivity contribution in [2.75, 3.05) is 7.11 Å². The summed E-state index contributed by atoms with van der Waals surface area (Å²) in [5.74, 6) is -0.341. The Bertz CT molecular complexity index is 338. The molecule has 4 heteroatoms. The molecule has 1 N–H and O–H groups in total. The highest BCUT2D eigenvalue weighted by Crippen LogP contribution is 2.47. The first kappa shape index (κ1) is 8.72. The SMILES string of the molecule is COC(=O)c1csc(C2(O)CC2)c1. The number of hydrogen-bond donors (Lipinski definition) is 1.